The van der Waals surface area contributed by atoms with Crippen LogP contribution in [0.1, 0.15) is 48.2 Å². The highest BCUT2D eigenvalue weighted by Gasteiger charge is 2.19. The standard InChI is InChI=1S/C21H25NO5S/c1-14(2)17-9-11-19(12-10-17)22-20(23)15(3)27-21(24)18-7-5-16(6-8-18)13-28(4,25)26/h5-12,14-15H,13H2,1-4H3,(H,22,23)/t15-/m0/s1. The topological polar surface area (TPSA) is 89.5 Å². The van der Waals surface area contributed by atoms with Gasteiger partial charge in [0.05, 0.1) is 11.3 Å². The van der Waals surface area contributed by atoms with E-state index in [9.17, 15) is 18.0 Å². The Hall–Kier alpha value is -2.67. The lowest BCUT2D eigenvalue weighted by Gasteiger charge is -2.14. The summed E-state index contributed by atoms with van der Waals surface area (Å²) in [5.74, 6) is -0.784. The van der Waals surface area contributed by atoms with E-state index in [0.29, 0.717) is 17.2 Å². The van der Waals surface area contributed by atoms with Crippen molar-refractivity contribution in [3.8, 4) is 0 Å². The molecular formula is C21H25NO5S. The highest BCUT2D eigenvalue weighted by Crippen LogP contribution is 2.17. The molecule has 0 bridgehead atoms. The Morgan fingerprint density at radius 1 is 0.964 bits per heavy atom. The molecule has 28 heavy (non-hydrogen) atoms. The van der Waals surface area contributed by atoms with E-state index in [-0.39, 0.29) is 11.3 Å². The molecule has 7 heteroatoms. The Kier molecular flexibility index (Phi) is 6.96. The maximum Gasteiger partial charge on any atom is 0.338 e. The van der Waals surface area contributed by atoms with Crippen molar-refractivity contribution in [1.29, 1.82) is 0 Å². The van der Waals surface area contributed by atoms with E-state index in [1.165, 1.54) is 19.1 Å². The van der Waals surface area contributed by atoms with Crippen LogP contribution in [-0.4, -0.2) is 32.7 Å². The Balaban J connectivity index is 1.94. The number of benzene rings is 2. The van der Waals surface area contributed by atoms with E-state index in [0.717, 1.165) is 11.8 Å². The van der Waals surface area contributed by atoms with Gasteiger partial charge in [-0.1, -0.05) is 38.1 Å². The van der Waals surface area contributed by atoms with E-state index in [1.54, 1.807) is 12.1 Å². The highest BCUT2D eigenvalue weighted by molar-refractivity contribution is 7.89. The largest absolute Gasteiger partial charge is 0.449 e. The minimum absolute atomic E-state index is 0.100. The second-order valence-corrected chi connectivity index (χ2v) is 9.22. The summed E-state index contributed by atoms with van der Waals surface area (Å²) < 4.78 is 27.8. The molecule has 1 atom stereocenters. The van der Waals surface area contributed by atoms with Crippen LogP contribution in [0.5, 0.6) is 0 Å². The number of anilines is 1. The Morgan fingerprint density at radius 3 is 2.04 bits per heavy atom. The summed E-state index contributed by atoms with van der Waals surface area (Å²) in [6, 6.07) is 13.6. The molecule has 0 saturated carbocycles. The molecule has 1 amide bonds. The fourth-order valence-electron chi connectivity index (χ4n) is 2.52. The molecule has 0 spiro atoms. The first-order valence-electron chi connectivity index (χ1n) is 8.93. The molecule has 0 aliphatic carbocycles. The summed E-state index contributed by atoms with van der Waals surface area (Å²) in [6.45, 7) is 5.67. The number of carbonyl (C=O) groups excluding carboxylic acids is 2. The SMILES string of the molecule is CC(C)c1ccc(NC(=O)[C@H](C)OC(=O)c2ccc(CS(C)(=O)=O)cc2)cc1. The van der Waals surface area contributed by atoms with Gasteiger partial charge in [0.2, 0.25) is 0 Å². The monoisotopic (exact) mass is 403 g/mol. The average Bonchev–Trinajstić information content (AvgIpc) is 2.61. The lowest BCUT2D eigenvalue weighted by molar-refractivity contribution is -0.123. The lowest BCUT2D eigenvalue weighted by Crippen LogP contribution is -2.30. The molecule has 0 aliphatic rings. The van der Waals surface area contributed by atoms with Gasteiger partial charge in [-0.3, -0.25) is 4.79 Å². The molecule has 0 saturated heterocycles. The van der Waals surface area contributed by atoms with E-state index in [4.69, 9.17) is 4.74 Å². The van der Waals surface area contributed by atoms with Gasteiger partial charge in [0.1, 0.15) is 0 Å². The maximum absolute atomic E-state index is 12.3. The molecule has 2 aromatic carbocycles. The van der Waals surface area contributed by atoms with Gasteiger partial charge in [-0.05, 0) is 48.2 Å². The van der Waals surface area contributed by atoms with Crippen LogP contribution in [0.2, 0.25) is 0 Å². The molecule has 0 unspecified atom stereocenters. The minimum Gasteiger partial charge on any atom is -0.449 e. The highest BCUT2D eigenvalue weighted by atomic mass is 32.2. The van der Waals surface area contributed by atoms with Crippen LogP contribution < -0.4 is 5.32 Å². The number of amides is 1. The van der Waals surface area contributed by atoms with Crippen LogP contribution in [0, 0.1) is 0 Å². The molecule has 0 aliphatic heterocycles. The van der Waals surface area contributed by atoms with Gasteiger partial charge in [-0.2, -0.15) is 0 Å². The molecular weight excluding hydrogens is 378 g/mol. The Labute approximate surface area is 165 Å². The normalized spacial score (nSPS) is 12.5. The zero-order valence-electron chi connectivity index (χ0n) is 16.4. The van der Waals surface area contributed by atoms with E-state index in [2.05, 4.69) is 19.2 Å². The number of esters is 1. The predicted molar refractivity (Wildman–Crippen MR) is 109 cm³/mol. The third kappa shape index (κ3) is 6.49. The second-order valence-electron chi connectivity index (χ2n) is 7.08. The molecule has 1 N–H and O–H groups in total. The summed E-state index contributed by atoms with van der Waals surface area (Å²) in [5, 5.41) is 2.72. The van der Waals surface area contributed by atoms with Gasteiger partial charge in [0.15, 0.2) is 15.9 Å². The first kappa shape index (κ1) is 21.6. The Bertz CT molecular complexity index is 932. The van der Waals surface area contributed by atoms with Crippen LogP contribution in [0.25, 0.3) is 0 Å². The summed E-state index contributed by atoms with van der Waals surface area (Å²) in [7, 11) is -3.15. The van der Waals surface area contributed by atoms with Crippen molar-refractivity contribution in [3.05, 3.63) is 65.2 Å². The predicted octanol–water partition coefficient (Wildman–Crippen LogP) is 3.54. The number of rotatable bonds is 7. The first-order chi connectivity index (χ1) is 13.0. The van der Waals surface area contributed by atoms with Crippen LogP contribution >= 0.6 is 0 Å². The van der Waals surface area contributed by atoms with Crippen LogP contribution in [0.3, 0.4) is 0 Å². The van der Waals surface area contributed by atoms with Gasteiger partial charge >= 0.3 is 5.97 Å². The number of ether oxygens (including phenoxy) is 1. The third-order valence-electron chi connectivity index (χ3n) is 4.12. The maximum atomic E-state index is 12.3. The fraction of sp³-hybridized carbons (Fsp3) is 0.333. The van der Waals surface area contributed by atoms with Crippen molar-refractivity contribution < 1.29 is 22.7 Å². The van der Waals surface area contributed by atoms with Crippen molar-refractivity contribution in [2.75, 3.05) is 11.6 Å². The second kappa shape index (κ2) is 9.01. The number of nitrogens with one attached hydrogen (secondary N) is 1. The summed E-state index contributed by atoms with van der Waals surface area (Å²) in [4.78, 5) is 24.5. The number of hydrogen-bond donors (Lipinski definition) is 1. The molecule has 6 nitrogen and oxygen atoms in total. The summed E-state index contributed by atoms with van der Waals surface area (Å²) in [6.07, 6.45) is 0.166. The molecule has 0 radical (unpaired) electrons. The van der Waals surface area contributed by atoms with E-state index in [1.807, 2.05) is 24.3 Å². The van der Waals surface area contributed by atoms with E-state index >= 15 is 0 Å². The minimum atomic E-state index is -3.15. The van der Waals surface area contributed by atoms with E-state index < -0.39 is 27.8 Å². The number of sulfone groups is 1. The van der Waals surface area contributed by atoms with Gasteiger partial charge < -0.3 is 10.1 Å². The van der Waals surface area contributed by atoms with Crippen LogP contribution in [-0.2, 0) is 25.1 Å². The Morgan fingerprint density at radius 2 is 1.54 bits per heavy atom. The van der Waals surface area contributed by atoms with Gasteiger partial charge in [0, 0.05) is 11.9 Å². The summed E-state index contributed by atoms with van der Waals surface area (Å²) in [5.41, 5.74) is 2.62. The van der Waals surface area contributed by atoms with Gasteiger partial charge in [0.25, 0.3) is 5.91 Å². The van der Waals surface area contributed by atoms with Crippen molar-refractivity contribution in [3.63, 3.8) is 0 Å². The van der Waals surface area contributed by atoms with Crippen LogP contribution in [0.15, 0.2) is 48.5 Å². The number of carbonyl (C=O) groups is 2. The number of hydrogen-bond acceptors (Lipinski definition) is 5. The molecule has 0 aromatic heterocycles. The average molecular weight is 404 g/mol. The molecule has 2 aromatic rings. The van der Waals surface area contributed by atoms with Crippen molar-refractivity contribution in [1.82, 2.24) is 0 Å². The fourth-order valence-corrected chi connectivity index (χ4v) is 3.32. The van der Waals surface area contributed by atoms with Crippen molar-refractivity contribution in [2.45, 2.75) is 38.5 Å². The zero-order valence-corrected chi connectivity index (χ0v) is 17.2. The molecule has 2 rings (SSSR count). The molecule has 0 heterocycles. The summed E-state index contributed by atoms with van der Waals surface area (Å²) >= 11 is 0. The first-order valence-corrected chi connectivity index (χ1v) is 11.0. The zero-order chi connectivity index (χ0) is 20.9. The smallest absolute Gasteiger partial charge is 0.338 e. The quantitative estimate of drug-likeness (QED) is 0.714. The van der Waals surface area contributed by atoms with Crippen molar-refractivity contribution in [2.24, 2.45) is 0 Å². The third-order valence-corrected chi connectivity index (χ3v) is 4.97. The van der Waals surface area contributed by atoms with Gasteiger partial charge in [-0.15, -0.1) is 0 Å². The van der Waals surface area contributed by atoms with Gasteiger partial charge in [-0.25, -0.2) is 13.2 Å². The molecule has 150 valence electrons. The van der Waals surface area contributed by atoms with Crippen LogP contribution in [0.4, 0.5) is 5.69 Å². The van der Waals surface area contributed by atoms with Crippen molar-refractivity contribution >= 4 is 27.4 Å². The molecule has 0 fully saturated rings. The lowest BCUT2D eigenvalue weighted by atomic mass is 10.0.